The molecule has 2 aromatic carbocycles. The van der Waals surface area contributed by atoms with Crippen LogP contribution in [0.2, 0.25) is 0 Å². The summed E-state index contributed by atoms with van der Waals surface area (Å²) in [4.78, 5) is 29.3. The Morgan fingerprint density at radius 1 is 1.25 bits per heavy atom. The van der Waals surface area contributed by atoms with Crippen LogP contribution in [0.15, 0.2) is 48.5 Å². The number of nitrogens with one attached hydrogen (secondary N) is 2. The standard InChI is InChI=1S/C20H19N5O3/c1-12-6-8-13(9-7-12)18-23-20-22-17(26)11-16(25(20)24-18)19(27)21-14-4-3-5-15(10-14)28-2/h3-10,16H,11H2,1-2H3,(H,21,27)(H,22,23,24,26). The average Bonchev–Trinajstić information content (AvgIpc) is 3.11. The zero-order valence-electron chi connectivity index (χ0n) is 15.5. The molecule has 3 aromatic rings. The van der Waals surface area contributed by atoms with Gasteiger partial charge >= 0.3 is 0 Å². The van der Waals surface area contributed by atoms with E-state index in [0.29, 0.717) is 17.3 Å². The molecule has 0 fully saturated rings. The summed E-state index contributed by atoms with van der Waals surface area (Å²) in [7, 11) is 1.56. The Hall–Kier alpha value is -3.68. The van der Waals surface area contributed by atoms with Gasteiger partial charge in [-0.3, -0.25) is 14.9 Å². The number of benzene rings is 2. The van der Waals surface area contributed by atoms with Crippen molar-refractivity contribution in [2.24, 2.45) is 0 Å². The van der Waals surface area contributed by atoms with Gasteiger partial charge in [0.25, 0.3) is 0 Å². The molecule has 142 valence electrons. The highest BCUT2D eigenvalue weighted by Crippen LogP contribution is 2.28. The predicted molar refractivity (Wildman–Crippen MR) is 104 cm³/mol. The molecule has 8 nitrogen and oxygen atoms in total. The molecule has 0 bridgehead atoms. The van der Waals surface area contributed by atoms with Crippen molar-refractivity contribution in [1.82, 2.24) is 14.8 Å². The van der Waals surface area contributed by atoms with Crippen molar-refractivity contribution in [3.8, 4) is 17.1 Å². The number of carbonyl (C=O) groups is 2. The first-order valence-electron chi connectivity index (χ1n) is 8.82. The van der Waals surface area contributed by atoms with Crippen LogP contribution in [0.3, 0.4) is 0 Å². The molecule has 1 unspecified atom stereocenters. The summed E-state index contributed by atoms with van der Waals surface area (Å²) in [5.41, 5.74) is 2.51. The molecule has 1 aliphatic rings. The first-order valence-corrected chi connectivity index (χ1v) is 8.82. The van der Waals surface area contributed by atoms with Crippen molar-refractivity contribution >= 4 is 23.5 Å². The van der Waals surface area contributed by atoms with E-state index in [1.165, 1.54) is 4.68 Å². The van der Waals surface area contributed by atoms with Crippen LogP contribution in [-0.4, -0.2) is 33.7 Å². The maximum Gasteiger partial charge on any atom is 0.249 e. The minimum absolute atomic E-state index is 0.0144. The first kappa shape index (κ1) is 17.7. The third kappa shape index (κ3) is 3.44. The summed E-state index contributed by atoms with van der Waals surface area (Å²) >= 11 is 0. The fourth-order valence-corrected chi connectivity index (χ4v) is 3.02. The molecule has 28 heavy (non-hydrogen) atoms. The van der Waals surface area contributed by atoms with Crippen molar-refractivity contribution in [3.05, 3.63) is 54.1 Å². The number of ether oxygens (including phenoxy) is 1. The summed E-state index contributed by atoms with van der Waals surface area (Å²) in [5.74, 6) is 0.724. The number of fused-ring (bicyclic) bond motifs is 1. The van der Waals surface area contributed by atoms with Crippen LogP contribution >= 0.6 is 0 Å². The SMILES string of the molecule is COc1cccc(NC(=O)C2CC(=O)Nc3nc(-c4ccc(C)cc4)nn32)c1. The second-order valence-corrected chi connectivity index (χ2v) is 6.56. The fraction of sp³-hybridized carbons (Fsp3) is 0.200. The first-order chi connectivity index (χ1) is 13.5. The van der Waals surface area contributed by atoms with Gasteiger partial charge in [-0.05, 0) is 19.1 Å². The number of hydrogen-bond acceptors (Lipinski definition) is 5. The molecule has 0 radical (unpaired) electrons. The number of rotatable bonds is 4. The lowest BCUT2D eigenvalue weighted by atomic mass is 10.1. The number of carbonyl (C=O) groups excluding carboxylic acids is 2. The minimum atomic E-state index is -0.790. The molecule has 2 heterocycles. The van der Waals surface area contributed by atoms with E-state index in [4.69, 9.17) is 4.74 Å². The molecule has 2 N–H and O–H groups in total. The number of methoxy groups -OCH3 is 1. The zero-order chi connectivity index (χ0) is 19.7. The molecule has 8 heteroatoms. The summed E-state index contributed by atoms with van der Waals surface area (Å²) in [5, 5.41) is 9.96. The Balaban J connectivity index is 1.63. The van der Waals surface area contributed by atoms with Gasteiger partial charge in [0, 0.05) is 17.3 Å². The lowest BCUT2D eigenvalue weighted by Crippen LogP contribution is -2.36. The van der Waals surface area contributed by atoms with Crippen molar-refractivity contribution in [2.45, 2.75) is 19.4 Å². The molecule has 4 rings (SSSR count). The highest BCUT2D eigenvalue weighted by molar-refractivity contribution is 6.00. The summed E-state index contributed by atoms with van der Waals surface area (Å²) < 4.78 is 6.64. The van der Waals surface area contributed by atoms with Crippen molar-refractivity contribution < 1.29 is 14.3 Å². The highest BCUT2D eigenvalue weighted by atomic mass is 16.5. The maximum atomic E-state index is 12.8. The smallest absolute Gasteiger partial charge is 0.249 e. The van der Waals surface area contributed by atoms with E-state index >= 15 is 0 Å². The molecule has 0 spiro atoms. The molecular weight excluding hydrogens is 358 g/mol. The van der Waals surface area contributed by atoms with Crippen LogP contribution in [-0.2, 0) is 9.59 Å². The second-order valence-electron chi connectivity index (χ2n) is 6.56. The molecule has 1 atom stereocenters. The quantitative estimate of drug-likeness (QED) is 0.729. The predicted octanol–water partition coefficient (Wildman–Crippen LogP) is 2.78. The maximum absolute atomic E-state index is 12.8. The lowest BCUT2D eigenvalue weighted by molar-refractivity contribution is -0.125. The third-order valence-electron chi connectivity index (χ3n) is 4.51. The summed E-state index contributed by atoms with van der Waals surface area (Å²) in [6.45, 7) is 1.99. The van der Waals surface area contributed by atoms with Crippen molar-refractivity contribution in [3.63, 3.8) is 0 Å². The number of hydrogen-bond donors (Lipinski definition) is 2. The van der Waals surface area contributed by atoms with Gasteiger partial charge in [0.2, 0.25) is 17.8 Å². The molecule has 0 saturated heterocycles. The Bertz CT molecular complexity index is 1040. The highest BCUT2D eigenvalue weighted by Gasteiger charge is 2.33. The molecule has 1 aliphatic heterocycles. The minimum Gasteiger partial charge on any atom is -0.497 e. The normalized spacial score (nSPS) is 15.5. The van der Waals surface area contributed by atoms with Gasteiger partial charge in [0.05, 0.1) is 13.5 Å². The van der Waals surface area contributed by atoms with Crippen LogP contribution in [0.5, 0.6) is 5.75 Å². The van der Waals surface area contributed by atoms with E-state index in [1.807, 2.05) is 31.2 Å². The van der Waals surface area contributed by atoms with Gasteiger partial charge in [0.1, 0.15) is 11.8 Å². The van der Waals surface area contributed by atoms with Crippen LogP contribution in [0.25, 0.3) is 11.4 Å². The van der Waals surface area contributed by atoms with Crippen molar-refractivity contribution in [1.29, 1.82) is 0 Å². The van der Waals surface area contributed by atoms with E-state index < -0.39 is 6.04 Å². The second kappa shape index (κ2) is 7.15. The van der Waals surface area contributed by atoms with Crippen LogP contribution in [0, 0.1) is 6.92 Å². The van der Waals surface area contributed by atoms with Gasteiger partial charge in [-0.2, -0.15) is 4.98 Å². The van der Waals surface area contributed by atoms with Gasteiger partial charge in [-0.15, -0.1) is 5.10 Å². The van der Waals surface area contributed by atoms with Crippen LogP contribution in [0.1, 0.15) is 18.0 Å². The number of aromatic nitrogens is 3. The fourth-order valence-electron chi connectivity index (χ4n) is 3.02. The molecular formula is C20H19N5O3. The number of amides is 2. The molecule has 2 amide bonds. The van der Waals surface area contributed by atoms with Crippen LogP contribution < -0.4 is 15.4 Å². The molecule has 1 aromatic heterocycles. The van der Waals surface area contributed by atoms with E-state index in [2.05, 4.69) is 20.7 Å². The Kier molecular flexibility index (Phi) is 4.52. The monoisotopic (exact) mass is 377 g/mol. The van der Waals surface area contributed by atoms with E-state index in [0.717, 1.165) is 11.1 Å². The van der Waals surface area contributed by atoms with Gasteiger partial charge < -0.3 is 10.1 Å². The topological polar surface area (TPSA) is 98.1 Å². The third-order valence-corrected chi connectivity index (χ3v) is 4.51. The lowest BCUT2D eigenvalue weighted by Gasteiger charge is -2.22. The summed E-state index contributed by atoms with van der Waals surface area (Å²) in [6.07, 6.45) is -0.0144. The van der Waals surface area contributed by atoms with E-state index in [1.54, 1.807) is 31.4 Å². The van der Waals surface area contributed by atoms with Gasteiger partial charge in [0.15, 0.2) is 5.82 Å². The number of nitrogens with zero attached hydrogens (tertiary/aromatic N) is 3. The van der Waals surface area contributed by atoms with Crippen molar-refractivity contribution in [2.75, 3.05) is 17.7 Å². The van der Waals surface area contributed by atoms with E-state index in [-0.39, 0.29) is 24.2 Å². The van der Waals surface area contributed by atoms with Gasteiger partial charge in [-0.25, -0.2) is 4.68 Å². The van der Waals surface area contributed by atoms with Crippen LogP contribution in [0.4, 0.5) is 11.6 Å². The van der Waals surface area contributed by atoms with E-state index in [9.17, 15) is 9.59 Å². The summed E-state index contributed by atoms with van der Waals surface area (Å²) in [6, 6.07) is 14.0. The molecule has 0 aliphatic carbocycles. The number of aryl methyl sites for hydroxylation is 1. The zero-order valence-corrected chi connectivity index (χ0v) is 15.5. The van der Waals surface area contributed by atoms with Gasteiger partial charge in [-0.1, -0.05) is 35.9 Å². The Morgan fingerprint density at radius 2 is 2.04 bits per heavy atom. The molecule has 0 saturated carbocycles. The Morgan fingerprint density at radius 3 is 2.79 bits per heavy atom. The number of anilines is 2. The average molecular weight is 377 g/mol. The Labute approximate surface area is 161 Å². The largest absolute Gasteiger partial charge is 0.497 e.